The smallest absolute Gasteiger partial charge is 0.422 e. The number of hydrogen-bond acceptors (Lipinski definition) is 4. The Kier molecular flexibility index (Phi) is 1.89. The summed E-state index contributed by atoms with van der Waals surface area (Å²) >= 11 is 0. The Hall–Kier alpha value is -1.07. The molecule has 0 aliphatic rings. The van der Waals surface area contributed by atoms with Crippen LogP contribution < -0.4 is 11.3 Å². The summed E-state index contributed by atoms with van der Waals surface area (Å²) in [6.45, 7) is 0. The van der Waals surface area contributed by atoms with E-state index in [9.17, 15) is 0 Å². The van der Waals surface area contributed by atoms with Crippen LogP contribution in [0.4, 0.5) is 5.69 Å². The largest absolute Gasteiger partial charge is 0.508 e. The molecule has 0 saturated carbocycles. The molecule has 4 nitrogen and oxygen atoms in total. The van der Waals surface area contributed by atoms with Gasteiger partial charge in [0.25, 0.3) is 0 Å². The first-order valence-electron chi connectivity index (χ1n) is 2.77. The minimum atomic E-state index is -1.54. The molecule has 0 bridgehead atoms. The van der Waals surface area contributed by atoms with E-state index < -0.39 is 7.12 Å². The van der Waals surface area contributed by atoms with Crippen LogP contribution in [-0.4, -0.2) is 22.2 Å². The van der Waals surface area contributed by atoms with Gasteiger partial charge in [0, 0.05) is 11.9 Å². The van der Waals surface area contributed by atoms with Gasteiger partial charge in [0.2, 0.25) is 0 Å². The van der Waals surface area contributed by atoms with Gasteiger partial charge < -0.3 is 15.8 Å². The molecule has 1 rings (SSSR count). The van der Waals surface area contributed by atoms with Crippen molar-refractivity contribution in [2.45, 2.75) is 0 Å². The quantitative estimate of drug-likeness (QED) is 0.406. The van der Waals surface area contributed by atoms with Crippen molar-refractivity contribution >= 4 is 18.4 Å². The first kappa shape index (κ1) is 7.05. The Morgan fingerprint density at radius 1 is 1.50 bits per heavy atom. The van der Waals surface area contributed by atoms with Crippen LogP contribution >= 0.6 is 0 Å². The lowest BCUT2D eigenvalue weighted by molar-refractivity contribution is 0.424. The predicted octanol–water partition coefficient (Wildman–Crippen LogP) is -1.66. The third kappa shape index (κ3) is 1.46. The highest BCUT2D eigenvalue weighted by molar-refractivity contribution is 6.57. The molecule has 0 amide bonds. The Morgan fingerprint density at radius 3 is 2.60 bits per heavy atom. The molecule has 0 atom stereocenters. The zero-order valence-electron chi connectivity index (χ0n) is 5.23. The fourth-order valence-electron chi connectivity index (χ4n) is 0.607. The fourth-order valence-corrected chi connectivity index (χ4v) is 0.607. The lowest BCUT2D eigenvalue weighted by Crippen LogP contribution is -2.32. The molecule has 0 spiro atoms. The van der Waals surface area contributed by atoms with Crippen LogP contribution in [-0.2, 0) is 0 Å². The Labute approximate surface area is 58.5 Å². The molecule has 0 saturated heterocycles. The van der Waals surface area contributed by atoms with Gasteiger partial charge in [-0.1, -0.05) is 0 Å². The van der Waals surface area contributed by atoms with Crippen LogP contribution in [0.3, 0.4) is 0 Å². The lowest BCUT2D eigenvalue weighted by atomic mass is 9.85. The molecular weight excluding hydrogens is 131 g/mol. The molecule has 52 valence electrons. The first-order chi connectivity index (χ1) is 4.70. The van der Waals surface area contributed by atoms with Crippen molar-refractivity contribution in [3.63, 3.8) is 0 Å². The standard InChI is InChI=1S/C5H7BN2O2/c7-4-1-2-8-5(3-4)6(9)10/h1-3,9-10H,(H2,7,8). The van der Waals surface area contributed by atoms with Gasteiger partial charge in [-0.05, 0) is 12.1 Å². The predicted molar refractivity (Wildman–Crippen MR) is 38.5 cm³/mol. The van der Waals surface area contributed by atoms with Gasteiger partial charge >= 0.3 is 7.12 Å². The van der Waals surface area contributed by atoms with Crippen LogP contribution in [0, 0.1) is 0 Å². The van der Waals surface area contributed by atoms with Crippen molar-refractivity contribution in [2.75, 3.05) is 5.73 Å². The number of pyridine rings is 1. The topological polar surface area (TPSA) is 79.4 Å². The van der Waals surface area contributed by atoms with Crippen LogP contribution in [0.5, 0.6) is 0 Å². The van der Waals surface area contributed by atoms with E-state index >= 15 is 0 Å². The minimum absolute atomic E-state index is 0.167. The first-order valence-corrected chi connectivity index (χ1v) is 2.77. The molecule has 1 aromatic rings. The molecular formula is C5H7BN2O2. The highest BCUT2D eigenvalue weighted by atomic mass is 16.4. The minimum Gasteiger partial charge on any atom is -0.422 e. The Morgan fingerprint density at radius 2 is 2.20 bits per heavy atom. The summed E-state index contributed by atoms with van der Waals surface area (Å²) in [4.78, 5) is 3.66. The third-order valence-corrected chi connectivity index (χ3v) is 1.07. The lowest BCUT2D eigenvalue weighted by Gasteiger charge is -1.97. The number of hydrogen-bond donors (Lipinski definition) is 3. The number of aromatic nitrogens is 1. The van der Waals surface area contributed by atoms with Crippen molar-refractivity contribution in [1.29, 1.82) is 0 Å². The SMILES string of the molecule is Nc1ccnc(B(O)O)c1. The van der Waals surface area contributed by atoms with Crippen molar-refractivity contribution < 1.29 is 10.0 Å². The van der Waals surface area contributed by atoms with E-state index in [1.165, 1.54) is 12.3 Å². The maximum Gasteiger partial charge on any atom is 0.508 e. The molecule has 0 aliphatic carbocycles. The van der Waals surface area contributed by atoms with Gasteiger partial charge in [0.1, 0.15) is 0 Å². The van der Waals surface area contributed by atoms with Crippen LogP contribution in [0.2, 0.25) is 0 Å². The number of anilines is 1. The highest BCUT2D eigenvalue weighted by Crippen LogP contribution is 1.93. The van der Waals surface area contributed by atoms with Crippen LogP contribution in [0.25, 0.3) is 0 Å². The maximum absolute atomic E-state index is 8.59. The Balaban J connectivity index is 2.96. The highest BCUT2D eigenvalue weighted by Gasteiger charge is 2.11. The van der Waals surface area contributed by atoms with Crippen molar-refractivity contribution in [3.05, 3.63) is 18.3 Å². The molecule has 0 radical (unpaired) electrons. The van der Waals surface area contributed by atoms with E-state index in [4.69, 9.17) is 15.8 Å². The summed E-state index contributed by atoms with van der Waals surface area (Å²) in [5, 5.41) is 17.2. The number of nitrogens with zero attached hydrogens (tertiary/aromatic N) is 1. The van der Waals surface area contributed by atoms with Crippen LogP contribution in [0.15, 0.2) is 18.3 Å². The van der Waals surface area contributed by atoms with E-state index in [1.807, 2.05) is 0 Å². The second-order valence-electron chi connectivity index (χ2n) is 1.89. The average molecular weight is 138 g/mol. The van der Waals surface area contributed by atoms with Gasteiger partial charge in [-0.3, -0.25) is 4.98 Å². The summed E-state index contributed by atoms with van der Waals surface area (Å²) in [7, 11) is -1.54. The summed E-state index contributed by atoms with van der Waals surface area (Å²) in [5.74, 6) is 0. The second kappa shape index (κ2) is 2.68. The number of nitrogen functional groups attached to an aromatic ring is 1. The average Bonchev–Trinajstić information content (AvgIpc) is 1.88. The summed E-state index contributed by atoms with van der Waals surface area (Å²) in [5.41, 5.74) is 5.97. The van der Waals surface area contributed by atoms with E-state index in [2.05, 4.69) is 4.98 Å². The monoisotopic (exact) mass is 138 g/mol. The second-order valence-corrected chi connectivity index (χ2v) is 1.89. The number of nitrogens with two attached hydrogens (primary N) is 1. The maximum atomic E-state index is 8.59. The summed E-state index contributed by atoms with van der Waals surface area (Å²) in [6, 6.07) is 2.98. The molecule has 4 N–H and O–H groups in total. The summed E-state index contributed by atoms with van der Waals surface area (Å²) in [6.07, 6.45) is 1.42. The van der Waals surface area contributed by atoms with Crippen molar-refractivity contribution in [3.8, 4) is 0 Å². The van der Waals surface area contributed by atoms with Gasteiger partial charge in [-0.25, -0.2) is 0 Å². The molecule has 0 aromatic carbocycles. The Bertz CT molecular complexity index is 229. The molecule has 1 aromatic heterocycles. The van der Waals surface area contributed by atoms with Gasteiger partial charge in [0.05, 0.1) is 5.59 Å². The zero-order chi connectivity index (χ0) is 7.56. The van der Waals surface area contributed by atoms with Crippen molar-refractivity contribution in [1.82, 2.24) is 4.98 Å². The van der Waals surface area contributed by atoms with Crippen LogP contribution in [0.1, 0.15) is 0 Å². The van der Waals surface area contributed by atoms with Crippen molar-refractivity contribution in [2.24, 2.45) is 0 Å². The molecule has 5 heteroatoms. The normalized spacial score (nSPS) is 9.40. The fraction of sp³-hybridized carbons (Fsp3) is 0. The van der Waals surface area contributed by atoms with E-state index in [0.29, 0.717) is 5.69 Å². The van der Waals surface area contributed by atoms with E-state index in [1.54, 1.807) is 6.07 Å². The zero-order valence-corrected chi connectivity index (χ0v) is 5.23. The van der Waals surface area contributed by atoms with E-state index in [0.717, 1.165) is 0 Å². The molecule has 0 fully saturated rings. The van der Waals surface area contributed by atoms with Gasteiger partial charge in [-0.2, -0.15) is 0 Å². The molecule has 10 heavy (non-hydrogen) atoms. The molecule has 0 aliphatic heterocycles. The third-order valence-electron chi connectivity index (χ3n) is 1.07. The van der Waals surface area contributed by atoms with E-state index in [-0.39, 0.29) is 5.59 Å². The van der Waals surface area contributed by atoms with Gasteiger partial charge in [-0.15, -0.1) is 0 Å². The number of rotatable bonds is 1. The summed E-state index contributed by atoms with van der Waals surface area (Å²) < 4.78 is 0. The molecule has 1 heterocycles. The molecule has 0 unspecified atom stereocenters. The van der Waals surface area contributed by atoms with Gasteiger partial charge in [0.15, 0.2) is 0 Å².